The summed E-state index contributed by atoms with van der Waals surface area (Å²) in [4.78, 5) is 2.56. The van der Waals surface area contributed by atoms with Crippen molar-refractivity contribution in [1.82, 2.24) is 10.2 Å². The van der Waals surface area contributed by atoms with E-state index >= 15 is 0 Å². The molecule has 3 aromatic rings. The molecule has 174 valence electrons. The molecule has 4 nitrogen and oxygen atoms in total. The van der Waals surface area contributed by atoms with Gasteiger partial charge in [-0.2, -0.15) is 0 Å². The zero-order valence-corrected chi connectivity index (χ0v) is 19.9. The van der Waals surface area contributed by atoms with Crippen molar-refractivity contribution in [2.45, 2.75) is 25.4 Å². The van der Waals surface area contributed by atoms with Gasteiger partial charge in [-0.3, -0.25) is 4.90 Å². The molecule has 1 heterocycles. The van der Waals surface area contributed by atoms with Crippen LogP contribution in [0.2, 0.25) is 0 Å². The predicted molar refractivity (Wildman–Crippen MR) is 138 cm³/mol. The van der Waals surface area contributed by atoms with Gasteiger partial charge in [0.2, 0.25) is 0 Å². The van der Waals surface area contributed by atoms with E-state index in [1.54, 1.807) is 0 Å². The fourth-order valence-electron chi connectivity index (χ4n) is 4.01. The quantitative estimate of drug-likeness (QED) is 0.465. The SMILES string of the molecule is Cl.Cl.O.c1ccc(CN2CCC(NCCOc3ccccc3-c3ccccc3)CC2)cc1. The lowest BCUT2D eigenvalue weighted by Gasteiger charge is -2.32. The summed E-state index contributed by atoms with van der Waals surface area (Å²) in [5, 5.41) is 3.68. The first kappa shape index (κ1) is 28.0. The topological polar surface area (TPSA) is 56.0 Å². The fourth-order valence-corrected chi connectivity index (χ4v) is 4.01. The number of benzene rings is 3. The van der Waals surface area contributed by atoms with Crippen molar-refractivity contribution in [3.05, 3.63) is 90.5 Å². The molecular formula is C26H34Cl2N2O2. The lowest BCUT2D eigenvalue weighted by Crippen LogP contribution is -2.43. The highest BCUT2D eigenvalue weighted by Gasteiger charge is 2.18. The number of nitrogens with zero attached hydrogens (tertiary/aromatic N) is 1. The van der Waals surface area contributed by atoms with Gasteiger partial charge in [-0.15, -0.1) is 24.8 Å². The van der Waals surface area contributed by atoms with Crippen LogP contribution < -0.4 is 10.1 Å². The maximum atomic E-state index is 6.11. The van der Waals surface area contributed by atoms with Crippen molar-refractivity contribution in [2.75, 3.05) is 26.2 Å². The first-order chi connectivity index (χ1) is 14.4. The van der Waals surface area contributed by atoms with Crippen molar-refractivity contribution < 1.29 is 10.2 Å². The first-order valence-corrected chi connectivity index (χ1v) is 10.7. The third-order valence-corrected chi connectivity index (χ3v) is 5.60. The lowest BCUT2D eigenvalue weighted by molar-refractivity contribution is 0.186. The maximum absolute atomic E-state index is 6.11. The second-order valence-electron chi connectivity index (χ2n) is 7.70. The summed E-state index contributed by atoms with van der Waals surface area (Å²) in [5.41, 5.74) is 3.76. The molecule has 1 aliphatic rings. The molecule has 4 rings (SSSR count). The molecule has 0 unspecified atom stereocenters. The van der Waals surface area contributed by atoms with Gasteiger partial charge < -0.3 is 15.5 Å². The molecular weight excluding hydrogens is 443 g/mol. The van der Waals surface area contributed by atoms with Crippen LogP contribution in [0.15, 0.2) is 84.9 Å². The molecule has 3 N–H and O–H groups in total. The van der Waals surface area contributed by atoms with E-state index < -0.39 is 0 Å². The molecule has 0 aliphatic carbocycles. The summed E-state index contributed by atoms with van der Waals surface area (Å²) in [6.45, 7) is 4.95. The molecule has 32 heavy (non-hydrogen) atoms. The Hall–Kier alpha value is -2.08. The van der Waals surface area contributed by atoms with Crippen molar-refractivity contribution in [1.29, 1.82) is 0 Å². The van der Waals surface area contributed by atoms with Crippen LogP contribution >= 0.6 is 24.8 Å². The normalized spacial score (nSPS) is 13.9. The van der Waals surface area contributed by atoms with E-state index in [0.29, 0.717) is 12.6 Å². The molecule has 3 aromatic carbocycles. The van der Waals surface area contributed by atoms with Crippen LogP contribution in [0.25, 0.3) is 11.1 Å². The minimum Gasteiger partial charge on any atom is -0.492 e. The second-order valence-corrected chi connectivity index (χ2v) is 7.70. The Labute approximate surface area is 204 Å². The number of hydrogen-bond donors (Lipinski definition) is 1. The van der Waals surface area contributed by atoms with Crippen LogP contribution in [0.4, 0.5) is 0 Å². The zero-order chi connectivity index (χ0) is 19.7. The highest BCUT2D eigenvalue weighted by Crippen LogP contribution is 2.29. The molecule has 0 spiro atoms. The summed E-state index contributed by atoms with van der Waals surface area (Å²) in [7, 11) is 0. The Morgan fingerprint density at radius 3 is 2.06 bits per heavy atom. The number of halogens is 2. The molecule has 0 atom stereocenters. The summed E-state index contributed by atoms with van der Waals surface area (Å²) in [6.07, 6.45) is 2.40. The lowest BCUT2D eigenvalue weighted by atomic mass is 10.0. The monoisotopic (exact) mass is 476 g/mol. The number of para-hydroxylation sites is 1. The van der Waals surface area contributed by atoms with Gasteiger partial charge in [0.15, 0.2) is 0 Å². The van der Waals surface area contributed by atoms with E-state index in [1.165, 1.54) is 24.0 Å². The van der Waals surface area contributed by atoms with E-state index in [4.69, 9.17) is 4.74 Å². The molecule has 1 saturated heterocycles. The highest BCUT2D eigenvalue weighted by molar-refractivity contribution is 5.85. The Bertz CT molecular complexity index is 873. The molecule has 0 saturated carbocycles. The maximum Gasteiger partial charge on any atom is 0.127 e. The number of hydrogen-bond acceptors (Lipinski definition) is 3. The van der Waals surface area contributed by atoms with Gasteiger partial charge >= 0.3 is 0 Å². The van der Waals surface area contributed by atoms with Gasteiger partial charge in [-0.25, -0.2) is 0 Å². The predicted octanol–water partition coefficient (Wildman–Crippen LogP) is 5.01. The number of rotatable bonds is 8. The van der Waals surface area contributed by atoms with Gasteiger partial charge in [0.25, 0.3) is 0 Å². The molecule has 1 fully saturated rings. The molecule has 0 radical (unpaired) electrons. The van der Waals surface area contributed by atoms with Crippen LogP contribution in [0, 0.1) is 0 Å². The van der Waals surface area contributed by atoms with Crippen molar-refractivity contribution in [3.8, 4) is 16.9 Å². The first-order valence-electron chi connectivity index (χ1n) is 10.7. The van der Waals surface area contributed by atoms with Crippen LogP contribution in [0.5, 0.6) is 5.75 Å². The Balaban J connectivity index is 0.00000171. The van der Waals surface area contributed by atoms with Crippen LogP contribution in [0.1, 0.15) is 18.4 Å². The minimum atomic E-state index is 0. The van der Waals surface area contributed by atoms with Crippen molar-refractivity contribution >= 4 is 24.8 Å². The third-order valence-electron chi connectivity index (χ3n) is 5.60. The standard InChI is InChI=1S/C26H30N2O.2ClH.H2O/c1-3-9-22(10-4-1)21-28-18-15-24(16-19-28)27-17-20-29-26-14-8-7-13-25(26)23-11-5-2-6-12-23;;;/h1-14,24,27H,15-21H2;2*1H;1H2. The molecule has 0 aromatic heterocycles. The summed E-state index contributed by atoms with van der Waals surface area (Å²) < 4.78 is 6.11. The Kier molecular flexibility index (Phi) is 13.0. The number of nitrogens with one attached hydrogen (secondary N) is 1. The minimum absolute atomic E-state index is 0. The molecule has 1 aliphatic heterocycles. The number of likely N-dealkylation sites (tertiary alicyclic amines) is 1. The van der Waals surface area contributed by atoms with Gasteiger partial charge in [-0.05, 0) is 43.1 Å². The third kappa shape index (κ3) is 8.12. The van der Waals surface area contributed by atoms with E-state index in [-0.39, 0.29) is 30.3 Å². The second kappa shape index (κ2) is 14.9. The summed E-state index contributed by atoms with van der Waals surface area (Å²) in [5.74, 6) is 0.957. The van der Waals surface area contributed by atoms with Gasteiger partial charge in [-0.1, -0.05) is 78.9 Å². The fraction of sp³-hybridized carbons (Fsp3) is 0.308. The van der Waals surface area contributed by atoms with Crippen molar-refractivity contribution in [3.63, 3.8) is 0 Å². The number of piperidine rings is 1. The van der Waals surface area contributed by atoms with Gasteiger partial charge in [0.1, 0.15) is 12.4 Å². The van der Waals surface area contributed by atoms with Crippen LogP contribution in [-0.4, -0.2) is 42.7 Å². The van der Waals surface area contributed by atoms with Crippen molar-refractivity contribution in [2.24, 2.45) is 0 Å². The summed E-state index contributed by atoms with van der Waals surface area (Å²) in [6, 6.07) is 30.1. The Morgan fingerprint density at radius 2 is 1.38 bits per heavy atom. The largest absolute Gasteiger partial charge is 0.492 e. The van der Waals surface area contributed by atoms with E-state index in [1.807, 2.05) is 12.1 Å². The van der Waals surface area contributed by atoms with E-state index in [0.717, 1.165) is 37.5 Å². The Morgan fingerprint density at radius 1 is 0.781 bits per heavy atom. The zero-order valence-electron chi connectivity index (χ0n) is 18.3. The number of ether oxygens (including phenoxy) is 1. The van der Waals surface area contributed by atoms with Gasteiger partial charge in [0, 0.05) is 24.7 Å². The molecule has 0 amide bonds. The average Bonchev–Trinajstić information content (AvgIpc) is 2.79. The van der Waals surface area contributed by atoms with Gasteiger partial charge in [0.05, 0.1) is 0 Å². The van der Waals surface area contributed by atoms with E-state index in [2.05, 4.69) is 83.0 Å². The van der Waals surface area contributed by atoms with Crippen LogP contribution in [-0.2, 0) is 6.54 Å². The molecule has 0 bridgehead atoms. The highest BCUT2D eigenvalue weighted by atomic mass is 35.5. The van der Waals surface area contributed by atoms with Crippen LogP contribution in [0.3, 0.4) is 0 Å². The average molecular weight is 477 g/mol. The summed E-state index contributed by atoms with van der Waals surface area (Å²) >= 11 is 0. The van der Waals surface area contributed by atoms with E-state index in [9.17, 15) is 0 Å². The smallest absolute Gasteiger partial charge is 0.127 e. The molecule has 6 heteroatoms.